The van der Waals surface area contributed by atoms with Gasteiger partial charge in [-0.3, -0.25) is 0 Å². The Kier molecular flexibility index (Phi) is 2.62. The molecule has 1 saturated carbocycles. The van der Waals surface area contributed by atoms with E-state index in [0.29, 0.717) is 5.92 Å². The molecule has 1 aliphatic carbocycles. The van der Waals surface area contributed by atoms with Crippen LogP contribution in [0.4, 0.5) is 0 Å². The Morgan fingerprint density at radius 3 is 1.90 bits per heavy atom. The number of hydrogen-bond acceptors (Lipinski definition) is 0. The third-order valence-electron chi connectivity index (χ3n) is 2.72. The molecule has 0 aromatic heterocycles. The van der Waals surface area contributed by atoms with E-state index in [2.05, 4.69) is 13.8 Å². The highest BCUT2D eigenvalue weighted by Crippen LogP contribution is 2.39. The number of alkyl halides is 1. The van der Waals surface area contributed by atoms with Crippen LogP contribution >= 0.6 is 11.6 Å². The first kappa shape index (κ1) is 8.39. The van der Waals surface area contributed by atoms with Crippen LogP contribution in [-0.4, -0.2) is 4.87 Å². The molecule has 0 atom stereocenters. The van der Waals surface area contributed by atoms with E-state index >= 15 is 0 Å². The molecule has 1 aliphatic rings. The summed E-state index contributed by atoms with van der Waals surface area (Å²) < 4.78 is 0. The Balaban J connectivity index is 2.48. The summed E-state index contributed by atoms with van der Waals surface area (Å²) in [7, 11) is 0. The molecule has 60 valence electrons. The van der Waals surface area contributed by atoms with Gasteiger partial charge in [0.25, 0.3) is 0 Å². The molecule has 0 aromatic carbocycles. The smallest absolute Gasteiger partial charge is 0.0469 e. The van der Waals surface area contributed by atoms with E-state index in [1.165, 1.54) is 32.1 Å². The highest BCUT2D eigenvalue weighted by molar-refractivity contribution is 6.24. The zero-order chi connectivity index (χ0) is 7.61. The molecule has 0 nitrogen and oxygen atoms in total. The van der Waals surface area contributed by atoms with Crippen molar-refractivity contribution in [2.75, 3.05) is 0 Å². The quantitative estimate of drug-likeness (QED) is 0.515. The molecule has 0 spiro atoms. The van der Waals surface area contributed by atoms with Crippen LogP contribution in [0.15, 0.2) is 0 Å². The van der Waals surface area contributed by atoms with Gasteiger partial charge in [-0.25, -0.2) is 0 Å². The average Bonchev–Trinajstić information content (AvgIpc) is 1.89. The van der Waals surface area contributed by atoms with Crippen LogP contribution in [0.1, 0.15) is 46.0 Å². The van der Waals surface area contributed by atoms with Crippen LogP contribution < -0.4 is 0 Å². The van der Waals surface area contributed by atoms with E-state index in [-0.39, 0.29) is 4.87 Å². The summed E-state index contributed by atoms with van der Waals surface area (Å²) in [6, 6.07) is 0. The zero-order valence-electron chi connectivity index (χ0n) is 6.99. The van der Waals surface area contributed by atoms with Gasteiger partial charge in [-0.2, -0.15) is 0 Å². The highest BCUT2D eigenvalue weighted by atomic mass is 35.5. The van der Waals surface area contributed by atoms with E-state index in [1.807, 2.05) is 0 Å². The van der Waals surface area contributed by atoms with Crippen LogP contribution in [-0.2, 0) is 0 Å². The summed E-state index contributed by atoms with van der Waals surface area (Å²) in [4.78, 5) is 0.151. The Hall–Kier alpha value is 0.290. The maximum atomic E-state index is 6.41. The molecule has 1 rings (SSSR count). The second-order valence-electron chi connectivity index (χ2n) is 3.75. The van der Waals surface area contributed by atoms with E-state index < -0.39 is 0 Å². The Labute approximate surface area is 69.0 Å². The van der Waals surface area contributed by atoms with E-state index in [1.54, 1.807) is 0 Å². The van der Waals surface area contributed by atoms with Crippen LogP contribution in [0.3, 0.4) is 0 Å². The average molecular weight is 161 g/mol. The molecule has 1 heteroatoms. The minimum atomic E-state index is 0.151. The predicted molar refractivity (Wildman–Crippen MR) is 46.5 cm³/mol. The summed E-state index contributed by atoms with van der Waals surface area (Å²) in [6.45, 7) is 4.47. The molecule has 0 unspecified atom stereocenters. The van der Waals surface area contributed by atoms with Crippen LogP contribution in [0, 0.1) is 5.92 Å². The number of rotatable bonds is 1. The molecule has 0 heterocycles. The zero-order valence-corrected chi connectivity index (χ0v) is 7.75. The molecular formula is C9H17Cl. The van der Waals surface area contributed by atoms with Gasteiger partial charge in [0.1, 0.15) is 0 Å². The monoisotopic (exact) mass is 160 g/mol. The van der Waals surface area contributed by atoms with Crippen molar-refractivity contribution in [3.05, 3.63) is 0 Å². The molecule has 0 aliphatic heterocycles. The maximum absolute atomic E-state index is 6.41. The Morgan fingerprint density at radius 2 is 1.60 bits per heavy atom. The summed E-state index contributed by atoms with van der Waals surface area (Å²) in [6.07, 6.45) is 6.52. The minimum absolute atomic E-state index is 0.151. The van der Waals surface area contributed by atoms with Gasteiger partial charge in [-0.05, 0) is 18.8 Å². The van der Waals surface area contributed by atoms with Crippen LogP contribution in [0.2, 0.25) is 0 Å². The Morgan fingerprint density at radius 1 is 1.10 bits per heavy atom. The van der Waals surface area contributed by atoms with Gasteiger partial charge in [0.2, 0.25) is 0 Å². The largest absolute Gasteiger partial charge is 0.119 e. The van der Waals surface area contributed by atoms with Crippen molar-refractivity contribution in [3.63, 3.8) is 0 Å². The normalized spacial score (nSPS) is 25.2. The lowest BCUT2D eigenvalue weighted by Gasteiger charge is -2.34. The van der Waals surface area contributed by atoms with Crippen LogP contribution in [0.5, 0.6) is 0 Å². The second kappa shape index (κ2) is 3.13. The standard InChI is InChI=1S/C9H17Cl/c1-8(2)9(10)6-4-3-5-7-9/h8H,3-7H2,1-2H3. The van der Waals surface area contributed by atoms with Crippen LogP contribution in [0.25, 0.3) is 0 Å². The van der Waals surface area contributed by atoms with E-state index in [0.717, 1.165) is 0 Å². The van der Waals surface area contributed by atoms with Gasteiger partial charge in [0, 0.05) is 4.87 Å². The molecular weight excluding hydrogens is 144 g/mol. The maximum Gasteiger partial charge on any atom is 0.0469 e. The molecule has 0 saturated heterocycles. The predicted octanol–water partition coefficient (Wildman–Crippen LogP) is 3.58. The topological polar surface area (TPSA) is 0 Å². The van der Waals surface area contributed by atoms with Gasteiger partial charge in [0.05, 0.1) is 0 Å². The van der Waals surface area contributed by atoms with Gasteiger partial charge < -0.3 is 0 Å². The molecule has 0 amide bonds. The third kappa shape index (κ3) is 1.66. The first-order valence-electron chi connectivity index (χ1n) is 4.34. The van der Waals surface area contributed by atoms with Gasteiger partial charge in [0.15, 0.2) is 0 Å². The summed E-state index contributed by atoms with van der Waals surface area (Å²) >= 11 is 6.41. The third-order valence-corrected chi connectivity index (χ3v) is 3.53. The van der Waals surface area contributed by atoms with Gasteiger partial charge in [-0.15, -0.1) is 11.6 Å². The molecule has 1 fully saturated rings. The lowest BCUT2D eigenvalue weighted by molar-refractivity contribution is 0.311. The van der Waals surface area contributed by atoms with Gasteiger partial charge >= 0.3 is 0 Å². The number of hydrogen-bond donors (Lipinski definition) is 0. The van der Waals surface area contributed by atoms with Crippen molar-refractivity contribution in [1.82, 2.24) is 0 Å². The molecule has 0 radical (unpaired) electrons. The lowest BCUT2D eigenvalue weighted by atomic mass is 9.81. The van der Waals surface area contributed by atoms with E-state index in [9.17, 15) is 0 Å². The van der Waals surface area contributed by atoms with Crippen molar-refractivity contribution >= 4 is 11.6 Å². The van der Waals surface area contributed by atoms with Crippen molar-refractivity contribution < 1.29 is 0 Å². The highest BCUT2D eigenvalue weighted by Gasteiger charge is 2.32. The fraction of sp³-hybridized carbons (Fsp3) is 1.00. The molecule has 0 aromatic rings. The summed E-state index contributed by atoms with van der Waals surface area (Å²) in [5, 5.41) is 0. The minimum Gasteiger partial charge on any atom is -0.119 e. The molecule has 10 heavy (non-hydrogen) atoms. The lowest BCUT2D eigenvalue weighted by Crippen LogP contribution is -2.30. The SMILES string of the molecule is CC(C)C1(Cl)CCCCC1. The van der Waals surface area contributed by atoms with E-state index in [4.69, 9.17) is 11.6 Å². The fourth-order valence-electron chi connectivity index (χ4n) is 1.72. The Bertz CT molecular complexity index is 101. The van der Waals surface area contributed by atoms with Crippen molar-refractivity contribution in [2.24, 2.45) is 5.92 Å². The fourth-order valence-corrected chi connectivity index (χ4v) is 1.98. The molecule has 0 bridgehead atoms. The number of halogens is 1. The summed E-state index contributed by atoms with van der Waals surface area (Å²) in [5.74, 6) is 0.648. The van der Waals surface area contributed by atoms with Crippen molar-refractivity contribution in [3.8, 4) is 0 Å². The second-order valence-corrected chi connectivity index (χ2v) is 4.50. The first-order valence-corrected chi connectivity index (χ1v) is 4.72. The molecule has 0 N–H and O–H groups in total. The summed E-state index contributed by atoms with van der Waals surface area (Å²) in [5.41, 5.74) is 0. The van der Waals surface area contributed by atoms with Gasteiger partial charge in [-0.1, -0.05) is 33.1 Å². The van der Waals surface area contributed by atoms with Crippen molar-refractivity contribution in [1.29, 1.82) is 0 Å². The first-order chi connectivity index (χ1) is 4.65. The van der Waals surface area contributed by atoms with Crippen molar-refractivity contribution in [2.45, 2.75) is 50.8 Å².